The summed E-state index contributed by atoms with van der Waals surface area (Å²) in [5.74, 6) is 0.353. The summed E-state index contributed by atoms with van der Waals surface area (Å²) in [5.41, 5.74) is 2.20. The number of aromatic hydroxyl groups is 1. The molecule has 0 unspecified atom stereocenters. The minimum atomic E-state index is 0.353. The molecule has 0 spiro atoms. The van der Waals surface area contributed by atoms with Crippen LogP contribution in [0.25, 0.3) is 16.8 Å². The smallest absolute Gasteiger partial charge is 0.123 e. The molecule has 0 aromatic heterocycles. The average molecular weight is 212 g/mol. The molecule has 1 nitrogen and oxygen atoms in total. The largest absolute Gasteiger partial charge is 0.507 e. The molecule has 0 bridgehead atoms. The van der Waals surface area contributed by atoms with E-state index < -0.39 is 0 Å². The first-order valence-corrected chi connectivity index (χ1v) is 5.60. The van der Waals surface area contributed by atoms with Crippen LogP contribution in [0.5, 0.6) is 5.75 Å². The first-order valence-electron chi connectivity index (χ1n) is 5.60. The van der Waals surface area contributed by atoms with Gasteiger partial charge in [0.25, 0.3) is 0 Å². The van der Waals surface area contributed by atoms with Crippen molar-refractivity contribution in [2.45, 2.75) is 20.3 Å². The predicted molar refractivity (Wildman–Crippen MR) is 69.6 cm³/mol. The molecule has 82 valence electrons. The third-order valence-corrected chi connectivity index (χ3v) is 2.90. The Hall–Kier alpha value is -1.76. The number of phenolic OH excluding ortho intramolecular Hbond substituents is 1. The van der Waals surface area contributed by atoms with E-state index in [1.54, 1.807) is 6.07 Å². The Morgan fingerprint density at radius 2 is 1.94 bits per heavy atom. The predicted octanol–water partition coefficient (Wildman–Crippen LogP) is 4.36. The van der Waals surface area contributed by atoms with Crippen LogP contribution in [0.2, 0.25) is 0 Å². The van der Waals surface area contributed by atoms with Crippen LogP contribution in [0.4, 0.5) is 0 Å². The summed E-state index contributed by atoms with van der Waals surface area (Å²) in [7, 11) is 0. The molecule has 2 aromatic rings. The molecule has 0 amide bonds. The Kier molecular flexibility index (Phi) is 2.95. The highest BCUT2D eigenvalue weighted by molar-refractivity contribution is 5.93. The minimum absolute atomic E-state index is 0.353. The molecule has 1 heteroatoms. The van der Waals surface area contributed by atoms with E-state index in [1.807, 2.05) is 24.3 Å². The molecule has 1 N–H and O–H groups in total. The van der Waals surface area contributed by atoms with Crippen LogP contribution in [0, 0.1) is 0 Å². The van der Waals surface area contributed by atoms with E-state index in [2.05, 4.69) is 26.0 Å². The molecular formula is C15H16O. The monoisotopic (exact) mass is 212 g/mol. The standard InChI is InChI=1S/C15H16O/c1-3-11(2)10-14-13-7-5-4-6-12(13)8-9-15(14)16/h4-10,16H,3H2,1-2H3. The average Bonchev–Trinajstić information content (AvgIpc) is 2.32. The summed E-state index contributed by atoms with van der Waals surface area (Å²) >= 11 is 0. The van der Waals surface area contributed by atoms with Crippen LogP contribution in [-0.2, 0) is 0 Å². The van der Waals surface area contributed by atoms with Gasteiger partial charge < -0.3 is 5.11 Å². The fraction of sp³-hybridized carbons (Fsp3) is 0.200. The van der Waals surface area contributed by atoms with Gasteiger partial charge in [0, 0.05) is 5.56 Å². The van der Waals surface area contributed by atoms with E-state index in [0.717, 1.165) is 22.8 Å². The van der Waals surface area contributed by atoms with Crippen molar-refractivity contribution >= 4 is 16.8 Å². The van der Waals surface area contributed by atoms with E-state index in [9.17, 15) is 5.11 Å². The van der Waals surface area contributed by atoms with Crippen LogP contribution in [0.3, 0.4) is 0 Å². The molecule has 0 saturated heterocycles. The van der Waals surface area contributed by atoms with Gasteiger partial charge in [0.1, 0.15) is 5.75 Å². The van der Waals surface area contributed by atoms with Gasteiger partial charge in [0.05, 0.1) is 0 Å². The van der Waals surface area contributed by atoms with Gasteiger partial charge in [0.15, 0.2) is 0 Å². The van der Waals surface area contributed by atoms with Crippen LogP contribution in [-0.4, -0.2) is 5.11 Å². The molecule has 0 atom stereocenters. The highest BCUT2D eigenvalue weighted by Crippen LogP contribution is 2.29. The van der Waals surface area contributed by atoms with Crippen molar-refractivity contribution in [3.8, 4) is 5.75 Å². The van der Waals surface area contributed by atoms with Crippen molar-refractivity contribution in [2.24, 2.45) is 0 Å². The third-order valence-electron chi connectivity index (χ3n) is 2.90. The minimum Gasteiger partial charge on any atom is -0.507 e. The summed E-state index contributed by atoms with van der Waals surface area (Å²) < 4.78 is 0. The molecule has 0 aliphatic rings. The SMILES string of the molecule is CCC(C)=Cc1c(O)ccc2ccccc12. The van der Waals surface area contributed by atoms with Gasteiger partial charge in [-0.25, -0.2) is 0 Å². The first kappa shape index (κ1) is 10.7. The fourth-order valence-electron chi connectivity index (χ4n) is 1.78. The van der Waals surface area contributed by atoms with E-state index in [1.165, 1.54) is 5.57 Å². The maximum Gasteiger partial charge on any atom is 0.123 e. The van der Waals surface area contributed by atoms with Gasteiger partial charge in [-0.05, 0) is 30.2 Å². The molecule has 0 fully saturated rings. The molecule has 16 heavy (non-hydrogen) atoms. The summed E-state index contributed by atoms with van der Waals surface area (Å²) in [4.78, 5) is 0. The summed E-state index contributed by atoms with van der Waals surface area (Å²) in [5, 5.41) is 12.2. The molecule has 2 aromatic carbocycles. The lowest BCUT2D eigenvalue weighted by molar-refractivity contribution is 0.475. The van der Waals surface area contributed by atoms with E-state index >= 15 is 0 Å². The molecule has 0 heterocycles. The lowest BCUT2D eigenvalue weighted by Crippen LogP contribution is -1.81. The van der Waals surface area contributed by atoms with Crippen molar-refractivity contribution in [1.29, 1.82) is 0 Å². The lowest BCUT2D eigenvalue weighted by atomic mass is 10.0. The zero-order chi connectivity index (χ0) is 11.5. The number of fused-ring (bicyclic) bond motifs is 1. The Morgan fingerprint density at radius 1 is 1.19 bits per heavy atom. The normalized spacial score (nSPS) is 12.0. The number of rotatable bonds is 2. The van der Waals surface area contributed by atoms with Crippen molar-refractivity contribution in [1.82, 2.24) is 0 Å². The highest BCUT2D eigenvalue weighted by Gasteiger charge is 2.03. The Balaban J connectivity index is 2.71. The second kappa shape index (κ2) is 4.40. The molecule has 2 rings (SSSR count). The topological polar surface area (TPSA) is 20.2 Å². The maximum atomic E-state index is 9.91. The van der Waals surface area contributed by atoms with Crippen molar-refractivity contribution in [3.63, 3.8) is 0 Å². The van der Waals surface area contributed by atoms with Crippen LogP contribution in [0.1, 0.15) is 25.8 Å². The summed E-state index contributed by atoms with van der Waals surface area (Å²) in [6.45, 7) is 4.20. The van der Waals surface area contributed by atoms with Crippen molar-refractivity contribution in [3.05, 3.63) is 47.5 Å². The fourth-order valence-corrected chi connectivity index (χ4v) is 1.78. The van der Waals surface area contributed by atoms with Crippen molar-refractivity contribution < 1.29 is 5.11 Å². The number of phenols is 1. The molecular weight excluding hydrogens is 196 g/mol. The molecule has 0 radical (unpaired) electrons. The number of benzene rings is 2. The van der Waals surface area contributed by atoms with Gasteiger partial charge >= 0.3 is 0 Å². The highest BCUT2D eigenvalue weighted by atomic mass is 16.3. The third kappa shape index (κ3) is 1.94. The van der Waals surface area contributed by atoms with Gasteiger partial charge in [0.2, 0.25) is 0 Å². The zero-order valence-corrected chi connectivity index (χ0v) is 9.70. The first-order chi connectivity index (χ1) is 7.72. The van der Waals surface area contributed by atoms with Gasteiger partial charge in [-0.3, -0.25) is 0 Å². The van der Waals surface area contributed by atoms with E-state index in [4.69, 9.17) is 0 Å². The second-order valence-corrected chi connectivity index (χ2v) is 4.06. The number of hydrogen-bond acceptors (Lipinski definition) is 1. The van der Waals surface area contributed by atoms with E-state index in [0.29, 0.717) is 5.75 Å². The Bertz CT molecular complexity index is 538. The van der Waals surface area contributed by atoms with Crippen LogP contribution < -0.4 is 0 Å². The lowest BCUT2D eigenvalue weighted by Gasteiger charge is -2.06. The van der Waals surface area contributed by atoms with E-state index in [-0.39, 0.29) is 0 Å². The molecule has 0 saturated carbocycles. The maximum absolute atomic E-state index is 9.91. The summed E-state index contributed by atoms with van der Waals surface area (Å²) in [6.07, 6.45) is 3.07. The molecule has 0 aliphatic heterocycles. The quantitative estimate of drug-likeness (QED) is 0.784. The van der Waals surface area contributed by atoms with Gasteiger partial charge in [-0.1, -0.05) is 48.9 Å². The van der Waals surface area contributed by atoms with Gasteiger partial charge in [-0.2, -0.15) is 0 Å². The van der Waals surface area contributed by atoms with Crippen LogP contribution in [0.15, 0.2) is 42.0 Å². The Morgan fingerprint density at radius 3 is 2.69 bits per heavy atom. The van der Waals surface area contributed by atoms with Crippen LogP contribution >= 0.6 is 0 Å². The Labute approximate surface area is 96.0 Å². The van der Waals surface area contributed by atoms with Crippen molar-refractivity contribution in [2.75, 3.05) is 0 Å². The van der Waals surface area contributed by atoms with Gasteiger partial charge in [-0.15, -0.1) is 0 Å². The summed E-state index contributed by atoms with van der Waals surface area (Å²) in [6, 6.07) is 11.8. The second-order valence-electron chi connectivity index (χ2n) is 4.06. The zero-order valence-electron chi connectivity index (χ0n) is 9.70. The number of allylic oxidation sites excluding steroid dienone is 1. The molecule has 0 aliphatic carbocycles. The number of hydrogen-bond donors (Lipinski definition) is 1.